The van der Waals surface area contributed by atoms with Crippen LogP contribution in [0.2, 0.25) is 0 Å². The van der Waals surface area contributed by atoms with Crippen molar-refractivity contribution in [3.05, 3.63) is 29.8 Å². The summed E-state index contributed by atoms with van der Waals surface area (Å²) in [6.45, 7) is 3.92. The minimum Gasteiger partial charge on any atom is -0.497 e. The van der Waals surface area contributed by atoms with Gasteiger partial charge in [-0.05, 0) is 17.7 Å². The van der Waals surface area contributed by atoms with Gasteiger partial charge in [-0.3, -0.25) is 9.59 Å². The molecule has 1 aliphatic rings. The van der Waals surface area contributed by atoms with Gasteiger partial charge in [0.1, 0.15) is 5.75 Å². The molecule has 6 nitrogen and oxygen atoms in total. The van der Waals surface area contributed by atoms with Crippen molar-refractivity contribution in [2.45, 2.75) is 13.0 Å². The summed E-state index contributed by atoms with van der Waals surface area (Å²) in [7, 11) is 1.65. The number of methoxy groups -OCH3 is 1. The first-order valence-electron chi connectivity index (χ1n) is 7.53. The predicted octanol–water partition coefficient (Wildman–Crippen LogP) is 0.476. The number of nitrogens with zero attached hydrogens (tertiary/aromatic N) is 2. The van der Waals surface area contributed by atoms with Crippen molar-refractivity contribution in [2.24, 2.45) is 0 Å². The van der Waals surface area contributed by atoms with Gasteiger partial charge in [-0.15, -0.1) is 0 Å². The Morgan fingerprint density at radius 2 is 1.91 bits per heavy atom. The lowest BCUT2D eigenvalue weighted by Crippen LogP contribution is -2.48. The van der Waals surface area contributed by atoms with E-state index in [1.165, 1.54) is 0 Å². The van der Waals surface area contributed by atoms with Crippen molar-refractivity contribution >= 4 is 12.3 Å². The van der Waals surface area contributed by atoms with E-state index in [0.717, 1.165) is 24.3 Å². The van der Waals surface area contributed by atoms with Crippen LogP contribution in [0.5, 0.6) is 5.75 Å². The molecule has 1 fully saturated rings. The molecule has 1 heterocycles. The minimum absolute atomic E-state index is 0.146. The summed E-state index contributed by atoms with van der Waals surface area (Å²) >= 11 is 0. The number of nitrogens with one attached hydrogen (secondary N) is 1. The Bertz CT molecular complexity index is 482. The van der Waals surface area contributed by atoms with Crippen molar-refractivity contribution in [3.63, 3.8) is 0 Å². The zero-order chi connectivity index (χ0) is 15.8. The Morgan fingerprint density at radius 1 is 1.23 bits per heavy atom. The fraction of sp³-hybridized carbons (Fsp3) is 0.500. The zero-order valence-corrected chi connectivity index (χ0v) is 13.0. The monoisotopic (exact) mass is 305 g/mol. The van der Waals surface area contributed by atoms with E-state index >= 15 is 0 Å². The van der Waals surface area contributed by atoms with Gasteiger partial charge in [0.25, 0.3) is 0 Å². The van der Waals surface area contributed by atoms with Crippen LogP contribution in [-0.2, 0) is 16.1 Å². The van der Waals surface area contributed by atoms with Gasteiger partial charge in [-0.1, -0.05) is 12.1 Å². The van der Waals surface area contributed by atoms with E-state index in [9.17, 15) is 9.59 Å². The first kappa shape index (κ1) is 16.3. The summed E-state index contributed by atoms with van der Waals surface area (Å²) in [6, 6.07) is 7.86. The highest BCUT2D eigenvalue weighted by Crippen LogP contribution is 2.10. The summed E-state index contributed by atoms with van der Waals surface area (Å²) in [6.07, 6.45) is 1.33. The lowest BCUT2D eigenvalue weighted by molar-refractivity contribution is -0.135. The van der Waals surface area contributed by atoms with E-state index in [0.29, 0.717) is 39.1 Å². The van der Waals surface area contributed by atoms with E-state index < -0.39 is 0 Å². The minimum atomic E-state index is 0.146. The number of benzene rings is 1. The van der Waals surface area contributed by atoms with E-state index in [2.05, 4.69) is 5.32 Å². The van der Waals surface area contributed by atoms with Crippen LogP contribution in [0.15, 0.2) is 24.3 Å². The van der Waals surface area contributed by atoms with Gasteiger partial charge in [0.05, 0.1) is 7.11 Å². The van der Waals surface area contributed by atoms with Crippen molar-refractivity contribution in [1.82, 2.24) is 15.1 Å². The average molecular weight is 305 g/mol. The maximum absolute atomic E-state index is 12.1. The molecule has 0 spiro atoms. The summed E-state index contributed by atoms with van der Waals surface area (Å²) < 4.78 is 5.11. The molecule has 6 heteroatoms. The van der Waals surface area contributed by atoms with Gasteiger partial charge in [-0.25, -0.2) is 0 Å². The van der Waals surface area contributed by atoms with E-state index in [4.69, 9.17) is 4.74 Å². The summed E-state index contributed by atoms with van der Waals surface area (Å²) in [5.74, 6) is 0.987. The molecule has 0 saturated carbocycles. The molecule has 1 aromatic rings. The number of carbonyl (C=O) groups is 2. The average Bonchev–Trinajstić information content (AvgIpc) is 2.59. The molecular weight excluding hydrogens is 282 g/mol. The quantitative estimate of drug-likeness (QED) is 0.588. The normalized spacial score (nSPS) is 14.8. The Labute approximate surface area is 131 Å². The molecule has 1 aliphatic heterocycles. The second-order valence-corrected chi connectivity index (χ2v) is 5.30. The maximum Gasteiger partial charge on any atom is 0.223 e. The number of hydrogen-bond acceptors (Lipinski definition) is 4. The topological polar surface area (TPSA) is 61.9 Å². The van der Waals surface area contributed by atoms with Crippen molar-refractivity contribution in [1.29, 1.82) is 0 Å². The van der Waals surface area contributed by atoms with Gasteiger partial charge in [0.15, 0.2) is 0 Å². The fourth-order valence-corrected chi connectivity index (χ4v) is 2.41. The SMILES string of the molecule is COc1ccc(CNCCC(=O)N2CCN(C=O)CC2)cc1. The molecule has 2 rings (SSSR count). The van der Waals surface area contributed by atoms with E-state index in [-0.39, 0.29) is 5.91 Å². The first-order valence-corrected chi connectivity index (χ1v) is 7.53. The smallest absolute Gasteiger partial charge is 0.223 e. The fourth-order valence-electron chi connectivity index (χ4n) is 2.41. The number of rotatable bonds is 7. The van der Waals surface area contributed by atoms with Crippen molar-refractivity contribution in [2.75, 3.05) is 39.8 Å². The highest BCUT2D eigenvalue weighted by atomic mass is 16.5. The number of carbonyl (C=O) groups excluding carboxylic acids is 2. The highest BCUT2D eigenvalue weighted by Gasteiger charge is 2.19. The molecule has 1 aromatic carbocycles. The van der Waals surface area contributed by atoms with Gasteiger partial charge in [0, 0.05) is 45.7 Å². The van der Waals surface area contributed by atoms with E-state index in [1.54, 1.807) is 12.0 Å². The Kier molecular flexibility index (Phi) is 6.21. The lowest BCUT2D eigenvalue weighted by Gasteiger charge is -2.32. The van der Waals surface area contributed by atoms with Crippen LogP contribution in [0.3, 0.4) is 0 Å². The molecule has 22 heavy (non-hydrogen) atoms. The second kappa shape index (κ2) is 8.38. The standard InChI is InChI=1S/C16H23N3O3/c1-22-15-4-2-14(3-5-15)12-17-7-6-16(21)19-10-8-18(13-20)9-11-19/h2-5,13,17H,6-12H2,1H3. The highest BCUT2D eigenvalue weighted by molar-refractivity contribution is 5.76. The molecule has 120 valence electrons. The Hall–Kier alpha value is -2.08. The maximum atomic E-state index is 12.1. The van der Waals surface area contributed by atoms with Crippen LogP contribution in [0.4, 0.5) is 0 Å². The number of hydrogen-bond donors (Lipinski definition) is 1. The molecule has 2 amide bonds. The first-order chi connectivity index (χ1) is 10.7. The number of amides is 2. The second-order valence-electron chi connectivity index (χ2n) is 5.30. The van der Waals surface area contributed by atoms with Crippen LogP contribution in [0, 0.1) is 0 Å². The molecule has 1 N–H and O–H groups in total. The number of ether oxygens (including phenoxy) is 1. The summed E-state index contributed by atoms with van der Waals surface area (Å²) in [5.41, 5.74) is 1.16. The van der Waals surface area contributed by atoms with Crippen molar-refractivity contribution < 1.29 is 14.3 Å². The Morgan fingerprint density at radius 3 is 2.50 bits per heavy atom. The van der Waals surface area contributed by atoms with Crippen molar-refractivity contribution in [3.8, 4) is 5.75 Å². The van der Waals surface area contributed by atoms with Crippen LogP contribution < -0.4 is 10.1 Å². The third-order valence-electron chi connectivity index (χ3n) is 3.82. The summed E-state index contributed by atoms with van der Waals surface area (Å²) in [5, 5.41) is 3.27. The van der Waals surface area contributed by atoms with Crippen LogP contribution in [0.25, 0.3) is 0 Å². The third kappa shape index (κ3) is 4.73. The van der Waals surface area contributed by atoms with E-state index in [1.807, 2.05) is 29.2 Å². The van der Waals surface area contributed by atoms with Gasteiger partial charge >= 0.3 is 0 Å². The van der Waals surface area contributed by atoms with Crippen LogP contribution in [-0.4, -0.2) is 62.0 Å². The van der Waals surface area contributed by atoms with Crippen LogP contribution >= 0.6 is 0 Å². The molecule has 0 aromatic heterocycles. The molecule has 0 aliphatic carbocycles. The Balaban J connectivity index is 1.63. The molecule has 0 radical (unpaired) electrons. The lowest BCUT2D eigenvalue weighted by atomic mass is 10.2. The van der Waals surface area contributed by atoms with Gasteiger partial charge < -0.3 is 19.9 Å². The molecule has 0 unspecified atom stereocenters. The van der Waals surface area contributed by atoms with Gasteiger partial charge in [-0.2, -0.15) is 0 Å². The molecular formula is C16H23N3O3. The number of piperazine rings is 1. The molecule has 0 atom stereocenters. The van der Waals surface area contributed by atoms with Crippen LogP contribution in [0.1, 0.15) is 12.0 Å². The van der Waals surface area contributed by atoms with Gasteiger partial charge in [0.2, 0.25) is 12.3 Å². The third-order valence-corrected chi connectivity index (χ3v) is 3.82. The summed E-state index contributed by atoms with van der Waals surface area (Å²) in [4.78, 5) is 26.2. The molecule has 1 saturated heterocycles. The zero-order valence-electron chi connectivity index (χ0n) is 13.0. The molecule has 0 bridgehead atoms. The predicted molar refractivity (Wildman–Crippen MR) is 83.5 cm³/mol. The largest absolute Gasteiger partial charge is 0.497 e.